The molecule has 2 rings (SSSR count). The summed E-state index contributed by atoms with van der Waals surface area (Å²) in [4.78, 5) is 15.8. The van der Waals surface area contributed by atoms with E-state index in [9.17, 15) is 17.6 Å². The number of sulfonamides is 1. The standard InChI is InChI=1S/C16H24FN3O3S/c1-18(12-14-6-3-4-7-15(14)17)16(21)13-19-8-5-9-20(11-10-19)24(2,22)23/h3-4,6-7H,5,8-13H2,1-2H3. The number of benzene rings is 1. The number of rotatable bonds is 5. The van der Waals surface area contributed by atoms with E-state index in [0.29, 0.717) is 38.2 Å². The molecule has 1 aliphatic rings. The van der Waals surface area contributed by atoms with Crippen LogP contribution in [-0.4, -0.2) is 74.5 Å². The summed E-state index contributed by atoms with van der Waals surface area (Å²) in [6, 6.07) is 6.40. The average Bonchev–Trinajstić information content (AvgIpc) is 2.75. The van der Waals surface area contributed by atoms with Crippen LogP contribution in [0.1, 0.15) is 12.0 Å². The Hall–Kier alpha value is -1.51. The Morgan fingerprint density at radius 1 is 1.21 bits per heavy atom. The second kappa shape index (κ2) is 8.04. The summed E-state index contributed by atoms with van der Waals surface area (Å²) in [5.41, 5.74) is 0.479. The van der Waals surface area contributed by atoms with Crippen LogP contribution in [0.5, 0.6) is 0 Å². The van der Waals surface area contributed by atoms with Gasteiger partial charge in [0.05, 0.1) is 12.8 Å². The van der Waals surface area contributed by atoms with Crippen LogP contribution in [-0.2, 0) is 21.4 Å². The number of nitrogens with zero attached hydrogens (tertiary/aromatic N) is 3. The van der Waals surface area contributed by atoms with E-state index in [-0.39, 0.29) is 24.8 Å². The van der Waals surface area contributed by atoms with Gasteiger partial charge in [-0.2, -0.15) is 0 Å². The maximum absolute atomic E-state index is 13.7. The number of amides is 1. The molecule has 6 nitrogen and oxygen atoms in total. The molecule has 1 aromatic rings. The molecule has 0 aromatic heterocycles. The van der Waals surface area contributed by atoms with Crippen LogP contribution in [0.15, 0.2) is 24.3 Å². The van der Waals surface area contributed by atoms with Gasteiger partial charge in [-0.25, -0.2) is 17.1 Å². The molecule has 0 bridgehead atoms. The van der Waals surface area contributed by atoms with Gasteiger partial charge in [-0.15, -0.1) is 0 Å². The molecule has 0 saturated carbocycles. The van der Waals surface area contributed by atoms with Gasteiger partial charge in [0.15, 0.2) is 0 Å². The Kier molecular flexibility index (Phi) is 6.31. The summed E-state index contributed by atoms with van der Waals surface area (Å²) in [6.07, 6.45) is 1.90. The number of halogens is 1. The lowest BCUT2D eigenvalue weighted by Gasteiger charge is -2.24. The van der Waals surface area contributed by atoms with Gasteiger partial charge in [0, 0.05) is 38.8 Å². The minimum Gasteiger partial charge on any atom is -0.340 e. The second-order valence-corrected chi connectivity index (χ2v) is 8.12. The first-order valence-corrected chi connectivity index (χ1v) is 9.77. The molecule has 1 saturated heterocycles. The predicted octanol–water partition coefficient (Wildman–Crippen LogP) is 0.751. The van der Waals surface area contributed by atoms with E-state index in [1.165, 1.54) is 21.5 Å². The molecule has 8 heteroatoms. The summed E-state index contributed by atoms with van der Waals surface area (Å²) < 4.78 is 38.3. The molecule has 134 valence electrons. The quantitative estimate of drug-likeness (QED) is 0.780. The summed E-state index contributed by atoms with van der Waals surface area (Å²) in [7, 11) is -1.55. The molecular weight excluding hydrogens is 333 g/mol. The Morgan fingerprint density at radius 3 is 2.58 bits per heavy atom. The van der Waals surface area contributed by atoms with Crippen LogP contribution >= 0.6 is 0 Å². The highest BCUT2D eigenvalue weighted by molar-refractivity contribution is 7.88. The van der Waals surface area contributed by atoms with Crippen molar-refractivity contribution in [1.82, 2.24) is 14.1 Å². The number of hydrogen-bond donors (Lipinski definition) is 0. The van der Waals surface area contributed by atoms with Crippen LogP contribution in [0.3, 0.4) is 0 Å². The van der Waals surface area contributed by atoms with Crippen LogP contribution in [0.4, 0.5) is 4.39 Å². The first kappa shape index (κ1) is 18.8. The Bertz CT molecular complexity index is 681. The summed E-state index contributed by atoms with van der Waals surface area (Å²) in [6.45, 7) is 2.49. The zero-order chi connectivity index (χ0) is 17.7. The number of likely N-dealkylation sites (N-methyl/N-ethyl adjacent to an activating group) is 1. The third-order valence-corrected chi connectivity index (χ3v) is 5.47. The highest BCUT2D eigenvalue weighted by Crippen LogP contribution is 2.10. The highest BCUT2D eigenvalue weighted by atomic mass is 32.2. The van der Waals surface area contributed by atoms with Crippen molar-refractivity contribution in [1.29, 1.82) is 0 Å². The SMILES string of the molecule is CN(Cc1ccccc1F)C(=O)CN1CCCN(S(C)(=O)=O)CC1. The molecule has 1 fully saturated rings. The second-order valence-electron chi connectivity index (χ2n) is 6.13. The minimum absolute atomic E-state index is 0.106. The molecule has 0 spiro atoms. The monoisotopic (exact) mass is 357 g/mol. The Morgan fingerprint density at radius 2 is 1.92 bits per heavy atom. The maximum atomic E-state index is 13.7. The fourth-order valence-corrected chi connectivity index (χ4v) is 3.59. The normalized spacial score (nSPS) is 17.5. The van der Waals surface area contributed by atoms with Gasteiger partial charge < -0.3 is 4.90 Å². The average molecular weight is 357 g/mol. The molecule has 0 atom stereocenters. The van der Waals surface area contributed by atoms with Crippen LogP contribution in [0.2, 0.25) is 0 Å². The van der Waals surface area contributed by atoms with Crippen molar-refractivity contribution in [2.45, 2.75) is 13.0 Å². The van der Waals surface area contributed by atoms with Gasteiger partial charge >= 0.3 is 0 Å². The van der Waals surface area contributed by atoms with Crippen molar-refractivity contribution in [2.75, 3.05) is 46.0 Å². The van der Waals surface area contributed by atoms with E-state index in [4.69, 9.17) is 0 Å². The van der Waals surface area contributed by atoms with Crippen molar-refractivity contribution in [3.63, 3.8) is 0 Å². The van der Waals surface area contributed by atoms with Gasteiger partial charge in [-0.3, -0.25) is 9.69 Å². The van der Waals surface area contributed by atoms with E-state index in [1.54, 1.807) is 25.2 Å². The number of hydrogen-bond acceptors (Lipinski definition) is 4. The molecular formula is C16H24FN3O3S. The zero-order valence-electron chi connectivity index (χ0n) is 14.1. The Labute approximate surface area is 142 Å². The predicted molar refractivity (Wildman–Crippen MR) is 90.3 cm³/mol. The molecule has 24 heavy (non-hydrogen) atoms. The topological polar surface area (TPSA) is 60.9 Å². The van der Waals surface area contributed by atoms with Crippen LogP contribution in [0.25, 0.3) is 0 Å². The smallest absolute Gasteiger partial charge is 0.236 e. The van der Waals surface area contributed by atoms with E-state index >= 15 is 0 Å². The molecule has 0 radical (unpaired) electrons. The Balaban J connectivity index is 1.89. The fraction of sp³-hybridized carbons (Fsp3) is 0.562. The highest BCUT2D eigenvalue weighted by Gasteiger charge is 2.23. The summed E-state index contributed by atoms with van der Waals surface area (Å²) in [5, 5.41) is 0. The molecule has 0 N–H and O–H groups in total. The van der Waals surface area contributed by atoms with Crippen molar-refractivity contribution in [3.8, 4) is 0 Å². The number of carbonyl (C=O) groups excluding carboxylic acids is 1. The molecule has 1 aliphatic heterocycles. The lowest BCUT2D eigenvalue weighted by molar-refractivity contribution is -0.131. The molecule has 1 heterocycles. The zero-order valence-corrected chi connectivity index (χ0v) is 14.9. The van der Waals surface area contributed by atoms with Gasteiger partial charge in [-0.05, 0) is 19.0 Å². The van der Waals surface area contributed by atoms with Gasteiger partial charge in [0.2, 0.25) is 15.9 Å². The lowest BCUT2D eigenvalue weighted by atomic mass is 10.2. The largest absolute Gasteiger partial charge is 0.340 e. The first-order valence-electron chi connectivity index (χ1n) is 7.92. The van der Waals surface area contributed by atoms with Crippen LogP contribution in [0, 0.1) is 5.82 Å². The maximum Gasteiger partial charge on any atom is 0.236 e. The third kappa shape index (κ3) is 5.25. The molecule has 0 aliphatic carbocycles. The van der Waals surface area contributed by atoms with E-state index in [2.05, 4.69) is 0 Å². The third-order valence-electron chi connectivity index (χ3n) is 4.17. The minimum atomic E-state index is -3.19. The molecule has 0 unspecified atom stereocenters. The van der Waals surface area contributed by atoms with Crippen molar-refractivity contribution >= 4 is 15.9 Å². The fourth-order valence-electron chi connectivity index (χ4n) is 2.72. The van der Waals surface area contributed by atoms with Crippen LogP contribution < -0.4 is 0 Å². The van der Waals surface area contributed by atoms with Crippen molar-refractivity contribution in [3.05, 3.63) is 35.6 Å². The molecule has 1 aromatic carbocycles. The van der Waals surface area contributed by atoms with Crippen molar-refractivity contribution in [2.24, 2.45) is 0 Å². The van der Waals surface area contributed by atoms with E-state index < -0.39 is 10.0 Å². The van der Waals surface area contributed by atoms with E-state index in [0.717, 1.165) is 0 Å². The summed E-state index contributed by atoms with van der Waals surface area (Å²) in [5.74, 6) is -0.429. The molecule has 1 amide bonds. The van der Waals surface area contributed by atoms with Crippen molar-refractivity contribution < 1.29 is 17.6 Å². The number of carbonyl (C=O) groups is 1. The van der Waals surface area contributed by atoms with Gasteiger partial charge in [0.1, 0.15) is 5.82 Å². The van der Waals surface area contributed by atoms with Gasteiger partial charge in [-0.1, -0.05) is 18.2 Å². The summed E-state index contributed by atoms with van der Waals surface area (Å²) >= 11 is 0. The lowest BCUT2D eigenvalue weighted by Crippen LogP contribution is -2.40. The first-order chi connectivity index (χ1) is 11.3. The van der Waals surface area contributed by atoms with Gasteiger partial charge in [0.25, 0.3) is 0 Å². The van der Waals surface area contributed by atoms with E-state index in [1.807, 2.05) is 4.90 Å².